The van der Waals surface area contributed by atoms with E-state index in [0.717, 1.165) is 25.9 Å². The molecule has 1 aliphatic rings. The lowest BCUT2D eigenvalue weighted by Crippen LogP contribution is -2.52. The summed E-state index contributed by atoms with van der Waals surface area (Å²) in [5.74, 6) is 0. The van der Waals surface area contributed by atoms with Crippen LogP contribution >= 0.6 is 0 Å². The summed E-state index contributed by atoms with van der Waals surface area (Å²) in [5, 5.41) is 10.9. The molecular weight excluding hydrogens is 182 g/mol. The second-order valence-electron chi connectivity index (χ2n) is 3.34. The minimum absolute atomic E-state index is 0.537. The van der Waals surface area contributed by atoms with Crippen molar-refractivity contribution in [1.82, 2.24) is 10.5 Å². The van der Waals surface area contributed by atoms with Crippen LogP contribution in [0.4, 0.5) is 0 Å². The molecule has 5 nitrogen and oxygen atoms in total. The largest absolute Gasteiger partial charge is 0.302 e. The fraction of sp³-hybridized carbons (Fsp3) is 0.889. The van der Waals surface area contributed by atoms with Gasteiger partial charge in [-0.1, -0.05) is 0 Å². The third kappa shape index (κ3) is 2.66. The summed E-state index contributed by atoms with van der Waals surface area (Å²) >= 11 is 0. The summed E-state index contributed by atoms with van der Waals surface area (Å²) in [6, 6.07) is 2.28. The van der Waals surface area contributed by atoms with E-state index in [0.29, 0.717) is 6.61 Å². The van der Waals surface area contributed by atoms with Crippen molar-refractivity contribution < 1.29 is 9.68 Å². The van der Waals surface area contributed by atoms with Gasteiger partial charge < -0.3 is 9.68 Å². The van der Waals surface area contributed by atoms with E-state index in [4.69, 9.17) is 14.9 Å². The summed E-state index contributed by atoms with van der Waals surface area (Å²) < 4.78 is 0. The molecule has 1 aliphatic heterocycles. The van der Waals surface area contributed by atoms with Crippen molar-refractivity contribution in [1.29, 1.82) is 5.26 Å². The predicted octanol–water partition coefficient (Wildman–Crippen LogP) is 0.447. The van der Waals surface area contributed by atoms with Crippen molar-refractivity contribution in [3.63, 3.8) is 0 Å². The first-order chi connectivity index (χ1) is 6.76. The van der Waals surface area contributed by atoms with Gasteiger partial charge in [0, 0.05) is 13.1 Å². The van der Waals surface area contributed by atoms with Gasteiger partial charge in [0.2, 0.25) is 0 Å². The molecular formula is C9H17N3O2. The maximum atomic E-state index is 9.08. The highest BCUT2D eigenvalue weighted by Gasteiger charge is 2.35. The topological polar surface area (TPSA) is 57.5 Å². The van der Waals surface area contributed by atoms with Crippen molar-refractivity contribution in [2.75, 3.05) is 26.8 Å². The van der Waals surface area contributed by atoms with Gasteiger partial charge >= 0.3 is 0 Å². The lowest BCUT2D eigenvalue weighted by atomic mass is 9.91. The van der Waals surface area contributed by atoms with Crippen molar-refractivity contribution >= 4 is 0 Å². The molecule has 0 atom stereocenters. The predicted molar refractivity (Wildman–Crippen MR) is 50.9 cm³/mol. The molecule has 5 heteroatoms. The molecule has 0 aromatic rings. The molecule has 0 amide bonds. The number of nitrogens with zero attached hydrogens (tertiary/aromatic N) is 2. The number of hydroxylamine groups is 3. The van der Waals surface area contributed by atoms with Crippen LogP contribution in [-0.2, 0) is 9.68 Å². The third-order valence-electron chi connectivity index (χ3n) is 2.46. The normalized spacial score (nSPS) is 21.8. The molecule has 0 unspecified atom stereocenters. The minimum atomic E-state index is -0.537. The maximum absolute atomic E-state index is 9.08. The molecule has 1 heterocycles. The lowest BCUT2D eigenvalue weighted by Gasteiger charge is -2.35. The summed E-state index contributed by atoms with van der Waals surface area (Å²) in [6.07, 6.45) is 1.44. The molecule has 0 aliphatic carbocycles. The fourth-order valence-corrected chi connectivity index (χ4v) is 1.50. The lowest BCUT2D eigenvalue weighted by molar-refractivity contribution is -0.157. The number of hydrogen-bond acceptors (Lipinski definition) is 5. The standard InChI is InChI=1S/C9H17N3O2/c1-3-14-11-9(8-10)4-6-12(13-2)7-5-9/h11H,3-7H2,1-2H3. The van der Waals surface area contributed by atoms with Crippen molar-refractivity contribution in [3.05, 3.63) is 0 Å². The molecule has 0 aromatic carbocycles. The van der Waals surface area contributed by atoms with Gasteiger partial charge in [0.1, 0.15) is 5.54 Å². The Labute approximate surface area is 84.5 Å². The zero-order valence-corrected chi connectivity index (χ0v) is 8.75. The molecule has 0 bridgehead atoms. The first kappa shape index (κ1) is 11.4. The third-order valence-corrected chi connectivity index (χ3v) is 2.46. The molecule has 0 radical (unpaired) electrons. The molecule has 1 N–H and O–H groups in total. The molecule has 1 saturated heterocycles. The Hall–Kier alpha value is -0.670. The monoisotopic (exact) mass is 199 g/mol. The smallest absolute Gasteiger partial charge is 0.132 e. The van der Waals surface area contributed by atoms with Gasteiger partial charge in [-0.25, -0.2) is 0 Å². The van der Waals surface area contributed by atoms with Crippen molar-refractivity contribution in [3.8, 4) is 6.07 Å². The first-order valence-electron chi connectivity index (χ1n) is 4.85. The summed E-state index contributed by atoms with van der Waals surface area (Å²) in [5.41, 5.74) is 2.30. The first-order valence-corrected chi connectivity index (χ1v) is 4.85. The van der Waals surface area contributed by atoms with Crippen LogP contribution in [0.5, 0.6) is 0 Å². The Morgan fingerprint density at radius 1 is 1.50 bits per heavy atom. The Kier molecular flexibility index (Phi) is 4.29. The number of nitriles is 1. The van der Waals surface area contributed by atoms with Crippen LogP contribution in [0.2, 0.25) is 0 Å². The summed E-state index contributed by atoms with van der Waals surface area (Å²) in [6.45, 7) is 3.97. The van der Waals surface area contributed by atoms with E-state index in [1.807, 2.05) is 12.0 Å². The van der Waals surface area contributed by atoms with E-state index < -0.39 is 5.54 Å². The van der Waals surface area contributed by atoms with Gasteiger partial charge in [0.15, 0.2) is 0 Å². The highest BCUT2D eigenvalue weighted by Crippen LogP contribution is 2.21. The number of hydrogen-bond donors (Lipinski definition) is 1. The van der Waals surface area contributed by atoms with Crippen LogP contribution in [0.25, 0.3) is 0 Å². The van der Waals surface area contributed by atoms with Crippen molar-refractivity contribution in [2.45, 2.75) is 25.3 Å². The van der Waals surface area contributed by atoms with Gasteiger partial charge in [0.05, 0.1) is 19.8 Å². The van der Waals surface area contributed by atoms with Gasteiger partial charge in [0.25, 0.3) is 0 Å². The average molecular weight is 199 g/mol. The Bertz CT molecular complexity index is 207. The number of nitrogens with one attached hydrogen (secondary N) is 1. The van der Waals surface area contributed by atoms with Crippen LogP contribution in [0.1, 0.15) is 19.8 Å². The minimum Gasteiger partial charge on any atom is -0.302 e. The van der Waals surface area contributed by atoms with Gasteiger partial charge in [-0.3, -0.25) is 0 Å². The van der Waals surface area contributed by atoms with E-state index in [-0.39, 0.29) is 0 Å². The summed E-state index contributed by atoms with van der Waals surface area (Å²) in [7, 11) is 1.65. The van der Waals surface area contributed by atoms with Crippen LogP contribution in [0, 0.1) is 11.3 Å². The zero-order valence-electron chi connectivity index (χ0n) is 8.75. The molecule has 0 saturated carbocycles. The molecule has 1 fully saturated rings. The van der Waals surface area contributed by atoms with E-state index in [9.17, 15) is 0 Å². The molecule has 14 heavy (non-hydrogen) atoms. The maximum Gasteiger partial charge on any atom is 0.132 e. The molecule has 0 spiro atoms. The SMILES string of the molecule is CCONC1(C#N)CCN(OC)CC1. The Balaban J connectivity index is 2.45. The summed E-state index contributed by atoms with van der Waals surface area (Å²) in [4.78, 5) is 10.2. The van der Waals surface area contributed by atoms with Gasteiger partial charge in [-0.05, 0) is 19.8 Å². The van der Waals surface area contributed by atoms with Gasteiger partial charge in [-0.2, -0.15) is 15.8 Å². The van der Waals surface area contributed by atoms with Crippen molar-refractivity contribution in [2.24, 2.45) is 0 Å². The second-order valence-corrected chi connectivity index (χ2v) is 3.34. The quantitative estimate of drug-likeness (QED) is 0.666. The van der Waals surface area contributed by atoms with Crippen LogP contribution in [-0.4, -0.2) is 37.4 Å². The molecule has 0 aromatic heterocycles. The van der Waals surface area contributed by atoms with Crippen LogP contribution < -0.4 is 5.48 Å². The molecule has 1 rings (SSSR count). The number of rotatable bonds is 4. The zero-order chi connectivity index (χ0) is 10.4. The van der Waals surface area contributed by atoms with E-state index in [1.54, 1.807) is 7.11 Å². The second kappa shape index (κ2) is 5.27. The van der Waals surface area contributed by atoms with E-state index in [1.165, 1.54) is 0 Å². The molecule has 80 valence electrons. The fourth-order valence-electron chi connectivity index (χ4n) is 1.50. The Morgan fingerprint density at radius 2 is 2.14 bits per heavy atom. The Morgan fingerprint density at radius 3 is 2.57 bits per heavy atom. The average Bonchev–Trinajstić information content (AvgIpc) is 2.27. The van der Waals surface area contributed by atoms with Gasteiger partial charge in [-0.15, -0.1) is 0 Å². The van der Waals surface area contributed by atoms with Crippen LogP contribution in [0.15, 0.2) is 0 Å². The van der Waals surface area contributed by atoms with Crippen LogP contribution in [0.3, 0.4) is 0 Å². The highest BCUT2D eigenvalue weighted by atomic mass is 16.7. The number of piperidine rings is 1. The van der Waals surface area contributed by atoms with E-state index in [2.05, 4.69) is 11.5 Å². The highest BCUT2D eigenvalue weighted by molar-refractivity contribution is 5.07. The van der Waals surface area contributed by atoms with E-state index >= 15 is 0 Å².